The molecule has 1 aromatic carbocycles. The van der Waals surface area contributed by atoms with Gasteiger partial charge in [0, 0.05) is 24.2 Å². The average molecular weight is 383 g/mol. The molecule has 1 aliphatic carbocycles. The zero-order valence-electron chi connectivity index (χ0n) is 15.4. The summed E-state index contributed by atoms with van der Waals surface area (Å²) in [6.07, 6.45) is 5.82. The summed E-state index contributed by atoms with van der Waals surface area (Å²) < 4.78 is 0. The molecule has 5 nitrogen and oxygen atoms in total. The molecule has 1 N–H and O–H groups in total. The maximum absolute atomic E-state index is 13.0. The molecule has 0 radical (unpaired) electrons. The van der Waals surface area contributed by atoms with Gasteiger partial charge < -0.3 is 10.2 Å². The van der Waals surface area contributed by atoms with Crippen molar-refractivity contribution in [3.8, 4) is 0 Å². The van der Waals surface area contributed by atoms with Gasteiger partial charge in [-0.2, -0.15) is 0 Å². The van der Waals surface area contributed by atoms with Gasteiger partial charge in [0.05, 0.1) is 6.04 Å². The Bertz CT molecular complexity index is 881. The number of halogens is 1. The number of hydrogen-bond donors (Lipinski definition) is 1. The van der Waals surface area contributed by atoms with E-state index in [1.807, 2.05) is 18.2 Å². The molecule has 27 heavy (non-hydrogen) atoms. The molecule has 2 aliphatic rings. The number of benzene rings is 1. The number of Topliss-reactive ketones (excluding diaryl/α,β-unsaturated/α-hetero) is 1. The fraction of sp³-hybridized carbons (Fsp3) is 0.381. The lowest BCUT2D eigenvalue weighted by Gasteiger charge is -2.34. The first kappa shape index (κ1) is 18.0. The maximum Gasteiger partial charge on any atom is 0.163 e. The first-order valence-corrected chi connectivity index (χ1v) is 9.93. The maximum atomic E-state index is 13.0. The Balaban J connectivity index is 1.95. The minimum Gasteiger partial charge on any atom is -0.353 e. The second-order valence-corrected chi connectivity index (χ2v) is 7.38. The van der Waals surface area contributed by atoms with Crippen LogP contribution >= 0.6 is 11.6 Å². The van der Waals surface area contributed by atoms with Gasteiger partial charge >= 0.3 is 0 Å². The quantitative estimate of drug-likeness (QED) is 0.761. The molecule has 0 bridgehead atoms. The molecule has 0 fully saturated rings. The van der Waals surface area contributed by atoms with E-state index < -0.39 is 0 Å². The van der Waals surface area contributed by atoms with Crippen molar-refractivity contribution in [3.05, 3.63) is 58.6 Å². The molecule has 1 aromatic heterocycles. The number of ketones is 1. The van der Waals surface area contributed by atoms with E-state index in [-0.39, 0.29) is 11.8 Å². The van der Waals surface area contributed by atoms with Crippen LogP contribution < -0.4 is 10.2 Å². The van der Waals surface area contributed by atoms with E-state index in [2.05, 4.69) is 39.2 Å². The smallest absolute Gasteiger partial charge is 0.163 e. The first-order chi connectivity index (χ1) is 13.2. The van der Waals surface area contributed by atoms with Gasteiger partial charge in [0.15, 0.2) is 16.8 Å². The highest BCUT2D eigenvalue weighted by Crippen LogP contribution is 2.45. The molecule has 1 aliphatic heterocycles. The van der Waals surface area contributed by atoms with E-state index >= 15 is 0 Å². The average Bonchev–Trinajstić information content (AvgIpc) is 2.83. The van der Waals surface area contributed by atoms with Gasteiger partial charge in [0.2, 0.25) is 0 Å². The summed E-state index contributed by atoms with van der Waals surface area (Å²) in [5, 5.41) is 3.82. The molecular formula is C21H23ClN4O. The summed E-state index contributed by atoms with van der Waals surface area (Å²) in [5.74, 6) is 0.968. The van der Waals surface area contributed by atoms with Crippen molar-refractivity contribution in [1.29, 1.82) is 0 Å². The Morgan fingerprint density at radius 3 is 2.81 bits per heavy atom. The molecule has 1 unspecified atom stereocenters. The number of rotatable bonds is 4. The summed E-state index contributed by atoms with van der Waals surface area (Å²) in [6, 6.07) is 10.0. The molecule has 0 amide bonds. The predicted octanol–water partition coefficient (Wildman–Crippen LogP) is 4.91. The molecule has 4 rings (SSSR count). The molecule has 0 spiro atoms. The highest BCUT2D eigenvalue weighted by Gasteiger charge is 2.37. The van der Waals surface area contributed by atoms with Crippen LogP contribution in [0, 0.1) is 0 Å². The fourth-order valence-corrected chi connectivity index (χ4v) is 4.14. The van der Waals surface area contributed by atoms with Crippen LogP contribution in [0.15, 0.2) is 47.9 Å². The van der Waals surface area contributed by atoms with Crippen LogP contribution in [-0.2, 0) is 4.79 Å². The number of unbranched alkanes of at least 4 members (excludes halogenated alkanes) is 1. The lowest BCUT2D eigenvalue weighted by atomic mass is 9.86. The number of nitrogens with zero attached hydrogens (tertiary/aromatic N) is 3. The second kappa shape index (κ2) is 7.69. The standard InChI is InChI=1S/C21H23ClN4O/c1-2-3-12-26-19(14-8-5-4-6-9-14)17-15(10-7-11-16(17)27)25-18-20(22)23-13-24-21(18)26/h4-6,8-9,13,19,25H,2-3,7,10-12H2,1H3. The van der Waals surface area contributed by atoms with E-state index in [1.54, 1.807) is 0 Å². The minimum atomic E-state index is -0.166. The number of allylic oxidation sites excluding steroid dienone is 1. The highest BCUT2D eigenvalue weighted by atomic mass is 35.5. The zero-order valence-corrected chi connectivity index (χ0v) is 16.2. The third-order valence-corrected chi connectivity index (χ3v) is 5.52. The Morgan fingerprint density at radius 1 is 1.22 bits per heavy atom. The van der Waals surface area contributed by atoms with Crippen LogP contribution in [0.4, 0.5) is 11.5 Å². The summed E-state index contributed by atoms with van der Waals surface area (Å²) in [6.45, 7) is 2.96. The molecule has 140 valence electrons. The van der Waals surface area contributed by atoms with E-state index in [0.717, 1.165) is 54.9 Å². The summed E-state index contributed by atoms with van der Waals surface area (Å²) in [4.78, 5) is 24.0. The number of aromatic nitrogens is 2. The van der Waals surface area contributed by atoms with Crippen LogP contribution in [0.3, 0.4) is 0 Å². The van der Waals surface area contributed by atoms with Crippen LogP contribution in [0.2, 0.25) is 5.15 Å². The minimum absolute atomic E-state index is 0.166. The molecule has 0 saturated carbocycles. The Hall–Kier alpha value is -2.40. The van der Waals surface area contributed by atoms with Crippen molar-refractivity contribution in [2.75, 3.05) is 16.8 Å². The molecule has 0 saturated heterocycles. The van der Waals surface area contributed by atoms with E-state index in [1.165, 1.54) is 6.33 Å². The largest absolute Gasteiger partial charge is 0.353 e. The molecule has 1 atom stereocenters. The van der Waals surface area contributed by atoms with Crippen molar-refractivity contribution in [2.24, 2.45) is 0 Å². The van der Waals surface area contributed by atoms with Crippen LogP contribution in [-0.4, -0.2) is 22.3 Å². The van der Waals surface area contributed by atoms with Gasteiger partial charge in [-0.3, -0.25) is 4.79 Å². The lowest BCUT2D eigenvalue weighted by molar-refractivity contribution is -0.116. The molecule has 6 heteroatoms. The first-order valence-electron chi connectivity index (χ1n) is 9.56. The van der Waals surface area contributed by atoms with Gasteiger partial charge in [-0.25, -0.2) is 9.97 Å². The number of carbonyl (C=O) groups excluding carboxylic acids is 1. The van der Waals surface area contributed by atoms with Crippen LogP contribution in [0.5, 0.6) is 0 Å². The van der Waals surface area contributed by atoms with E-state index in [9.17, 15) is 4.79 Å². The van der Waals surface area contributed by atoms with Crippen LogP contribution in [0.25, 0.3) is 0 Å². The third kappa shape index (κ3) is 3.32. The topological polar surface area (TPSA) is 58.1 Å². The molecule has 2 heterocycles. The zero-order chi connectivity index (χ0) is 18.8. The normalized spacial score (nSPS) is 19.3. The van der Waals surface area contributed by atoms with E-state index in [0.29, 0.717) is 17.3 Å². The third-order valence-electron chi connectivity index (χ3n) is 5.24. The Kier molecular flexibility index (Phi) is 5.12. The number of fused-ring (bicyclic) bond motifs is 1. The van der Waals surface area contributed by atoms with Gasteiger partial charge in [-0.05, 0) is 24.8 Å². The second-order valence-electron chi connectivity index (χ2n) is 7.02. The summed E-state index contributed by atoms with van der Waals surface area (Å²) in [5.41, 5.74) is 3.60. The molecular weight excluding hydrogens is 360 g/mol. The van der Waals surface area contributed by atoms with Crippen molar-refractivity contribution >= 4 is 28.9 Å². The van der Waals surface area contributed by atoms with Crippen molar-refractivity contribution in [2.45, 2.75) is 45.1 Å². The number of hydrogen-bond acceptors (Lipinski definition) is 5. The predicted molar refractivity (Wildman–Crippen MR) is 108 cm³/mol. The monoisotopic (exact) mass is 382 g/mol. The molecule has 2 aromatic rings. The van der Waals surface area contributed by atoms with Crippen LogP contribution in [0.1, 0.15) is 50.6 Å². The SMILES string of the molecule is CCCCN1c2ncnc(Cl)c2NC2=C(C(=O)CCC2)C1c1ccccc1. The summed E-state index contributed by atoms with van der Waals surface area (Å²) in [7, 11) is 0. The van der Waals surface area contributed by atoms with Crippen molar-refractivity contribution in [1.82, 2.24) is 9.97 Å². The number of carbonyl (C=O) groups is 1. The lowest BCUT2D eigenvalue weighted by Crippen LogP contribution is -2.34. The van der Waals surface area contributed by atoms with Crippen molar-refractivity contribution in [3.63, 3.8) is 0 Å². The fourth-order valence-electron chi connectivity index (χ4n) is 3.97. The van der Waals surface area contributed by atoms with Gasteiger partial charge in [0.1, 0.15) is 12.0 Å². The number of anilines is 2. The number of nitrogens with one attached hydrogen (secondary N) is 1. The van der Waals surface area contributed by atoms with Gasteiger partial charge in [0.25, 0.3) is 0 Å². The summed E-state index contributed by atoms with van der Waals surface area (Å²) >= 11 is 6.43. The van der Waals surface area contributed by atoms with E-state index in [4.69, 9.17) is 11.6 Å². The van der Waals surface area contributed by atoms with Gasteiger partial charge in [-0.1, -0.05) is 55.3 Å². The van der Waals surface area contributed by atoms with Crippen molar-refractivity contribution < 1.29 is 4.79 Å². The Labute approximate surface area is 164 Å². The Morgan fingerprint density at radius 2 is 2.04 bits per heavy atom. The highest BCUT2D eigenvalue weighted by molar-refractivity contribution is 6.32. The van der Waals surface area contributed by atoms with Gasteiger partial charge in [-0.15, -0.1) is 0 Å².